The molecule has 0 amide bonds. The number of H-pyrrole nitrogens is 1. The number of nitrogens with one attached hydrogen (secondary N) is 1. The lowest BCUT2D eigenvalue weighted by Crippen LogP contribution is -2.14. The van der Waals surface area contributed by atoms with Crippen LogP contribution >= 0.6 is 0 Å². The molecule has 9 heteroatoms. The Morgan fingerprint density at radius 3 is 2.38 bits per heavy atom. The SMILES string of the molecule is Cn1nc(C(C)(C)C)c(C#N)c1-c1nc2c(C(F)(F)F)cc(-c3ccccc3F)cc2[nH]1. The number of nitriles is 1. The Kier molecular flexibility index (Phi) is 4.84. The largest absolute Gasteiger partial charge is 0.418 e. The van der Waals surface area contributed by atoms with E-state index in [9.17, 15) is 22.8 Å². The quantitative estimate of drug-likeness (QED) is 0.390. The second kappa shape index (κ2) is 7.19. The third-order valence-electron chi connectivity index (χ3n) is 5.17. The van der Waals surface area contributed by atoms with E-state index in [0.29, 0.717) is 5.69 Å². The molecule has 0 spiro atoms. The number of rotatable bonds is 2. The Morgan fingerprint density at radius 1 is 1.09 bits per heavy atom. The van der Waals surface area contributed by atoms with Gasteiger partial charge in [0.05, 0.1) is 16.8 Å². The molecule has 0 bridgehead atoms. The number of hydrogen-bond acceptors (Lipinski definition) is 3. The second-order valence-corrected chi connectivity index (χ2v) is 8.54. The monoisotopic (exact) mass is 441 g/mol. The molecule has 0 aliphatic carbocycles. The molecule has 4 aromatic rings. The molecule has 2 aromatic heterocycles. The molecule has 32 heavy (non-hydrogen) atoms. The Morgan fingerprint density at radius 2 is 1.78 bits per heavy atom. The maximum atomic E-state index is 14.3. The molecule has 0 unspecified atom stereocenters. The molecule has 0 saturated heterocycles. The first-order chi connectivity index (χ1) is 14.9. The maximum Gasteiger partial charge on any atom is 0.418 e. The van der Waals surface area contributed by atoms with Crippen LogP contribution in [0.15, 0.2) is 36.4 Å². The van der Waals surface area contributed by atoms with Crippen LogP contribution in [0, 0.1) is 17.1 Å². The van der Waals surface area contributed by atoms with E-state index >= 15 is 0 Å². The summed E-state index contributed by atoms with van der Waals surface area (Å²) in [7, 11) is 1.61. The van der Waals surface area contributed by atoms with E-state index in [-0.39, 0.29) is 39.2 Å². The lowest BCUT2D eigenvalue weighted by atomic mass is 9.89. The summed E-state index contributed by atoms with van der Waals surface area (Å²) in [5.74, 6) is -0.550. The number of imidazole rings is 1. The van der Waals surface area contributed by atoms with E-state index in [1.807, 2.05) is 20.8 Å². The average molecular weight is 441 g/mol. The molecule has 0 aliphatic heterocycles. The predicted octanol–water partition coefficient (Wildman–Crippen LogP) is 5.96. The van der Waals surface area contributed by atoms with Gasteiger partial charge in [0.2, 0.25) is 0 Å². The highest BCUT2D eigenvalue weighted by molar-refractivity contribution is 5.88. The van der Waals surface area contributed by atoms with Crippen LogP contribution in [0.4, 0.5) is 17.6 Å². The molecule has 0 radical (unpaired) electrons. The Balaban J connectivity index is 2.01. The highest BCUT2D eigenvalue weighted by Gasteiger charge is 2.35. The van der Waals surface area contributed by atoms with Gasteiger partial charge in [0.15, 0.2) is 5.82 Å². The molecule has 0 saturated carbocycles. The Labute approximate surface area is 181 Å². The highest BCUT2D eigenvalue weighted by Crippen LogP contribution is 2.39. The average Bonchev–Trinajstić information content (AvgIpc) is 3.26. The van der Waals surface area contributed by atoms with Crippen molar-refractivity contribution in [3.8, 4) is 28.7 Å². The molecule has 2 aromatic carbocycles. The van der Waals surface area contributed by atoms with Crippen LogP contribution in [0.25, 0.3) is 33.7 Å². The van der Waals surface area contributed by atoms with Gasteiger partial charge in [-0.05, 0) is 23.8 Å². The summed E-state index contributed by atoms with van der Waals surface area (Å²) in [6, 6.07) is 10.0. The van der Waals surface area contributed by atoms with Crippen molar-refractivity contribution in [3.05, 3.63) is 59.0 Å². The van der Waals surface area contributed by atoms with Crippen molar-refractivity contribution in [3.63, 3.8) is 0 Å². The smallest absolute Gasteiger partial charge is 0.337 e. The van der Waals surface area contributed by atoms with E-state index in [0.717, 1.165) is 6.07 Å². The summed E-state index contributed by atoms with van der Waals surface area (Å²) in [6.07, 6.45) is -4.72. The summed E-state index contributed by atoms with van der Waals surface area (Å²) < 4.78 is 57.4. The van der Waals surface area contributed by atoms with Gasteiger partial charge in [-0.1, -0.05) is 39.0 Å². The molecule has 0 atom stereocenters. The van der Waals surface area contributed by atoms with Gasteiger partial charge in [-0.3, -0.25) is 4.68 Å². The van der Waals surface area contributed by atoms with E-state index < -0.39 is 23.0 Å². The van der Waals surface area contributed by atoms with E-state index in [1.54, 1.807) is 13.1 Å². The Bertz CT molecular complexity index is 1380. The first-order valence-electron chi connectivity index (χ1n) is 9.75. The zero-order chi connectivity index (χ0) is 23.4. The number of alkyl halides is 3. The van der Waals surface area contributed by atoms with Crippen LogP contribution in [0.1, 0.15) is 37.6 Å². The summed E-state index contributed by atoms with van der Waals surface area (Å²) in [5.41, 5.74) is -0.527. The normalized spacial score (nSPS) is 12.3. The number of aromatic amines is 1. The summed E-state index contributed by atoms with van der Waals surface area (Å²) in [5, 5.41) is 14.2. The first-order valence-corrected chi connectivity index (χ1v) is 9.75. The van der Waals surface area contributed by atoms with Crippen LogP contribution < -0.4 is 0 Å². The van der Waals surface area contributed by atoms with Crippen LogP contribution in [0.2, 0.25) is 0 Å². The van der Waals surface area contributed by atoms with Crippen molar-refractivity contribution in [1.29, 1.82) is 5.26 Å². The van der Waals surface area contributed by atoms with Gasteiger partial charge >= 0.3 is 6.18 Å². The summed E-state index contributed by atoms with van der Waals surface area (Å²) >= 11 is 0. The highest BCUT2D eigenvalue weighted by atomic mass is 19.4. The van der Waals surface area contributed by atoms with Gasteiger partial charge in [-0.25, -0.2) is 9.37 Å². The number of aromatic nitrogens is 4. The van der Waals surface area contributed by atoms with Crippen LogP contribution in [-0.2, 0) is 18.6 Å². The summed E-state index contributed by atoms with van der Waals surface area (Å²) in [6.45, 7) is 5.67. The van der Waals surface area contributed by atoms with E-state index in [2.05, 4.69) is 21.1 Å². The minimum Gasteiger partial charge on any atom is -0.337 e. The van der Waals surface area contributed by atoms with Crippen molar-refractivity contribution < 1.29 is 17.6 Å². The lowest BCUT2D eigenvalue weighted by molar-refractivity contribution is -0.136. The zero-order valence-electron chi connectivity index (χ0n) is 17.8. The number of nitrogens with zero attached hydrogens (tertiary/aromatic N) is 4. The van der Waals surface area contributed by atoms with Crippen molar-refractivity contribution in [2.75, 3.05) is 0 Å². The molecule has 5 nitrogen and oxygen atoms in total. The molecule has 4 rings (SSSR count). The number of benzene rings is 2. The molecule has 0 aliphatic rings. The van der Waals surface area contributed by atoms with Crippen molar-refractivity contribution in [1.82, 2.24) is 19.7 Å². The zero-order valence-corrected chi connectivity index (χ0v) is 17.8. The molecule has 1 N–H and O–H groups in total. The fourth-order valence-electron chi connectivity index (χ4n) is 3.72. The molecular formula is C23H19F4N5. The lowest BCUT2D eigenvalue weighted by Gasteiger charge is -2.15. The van der Waals surface area contributed by atoms with Crippen molar-refractivity contribution >= 4 is 11.0 Å². The minimum atomic E-state index is -4.72. The fourth-order valence-corrected chi connectivity index (χ4v) is 3.72. The van der Waals surface area contributed by atoms with Gasteiger partial charge in [0.1, 0.15) is 28.7 Å². The van der Waals surface area contributed by atoms with Crippen molar-refractivity contribution in [2.45, 2.75) is 32.4 Å². The Hall–Kier alpha value is -3.67. The first kappa shape index (κ1) is 21.6. The van der Waals surface area contributed by atoms with Gasteiger partial charge in [-0.2, -0.15) is 23.5 Å². The number of fused-ring (bicyclic) bond motifs is 1. The van der Waals surface area contributed by atoms with Crippen LogP contribution in [0.3, 0.4) is 0 Å². The maximum absolute atomic E-state index is 14.3. The van der Waals surface area contributed by atoms with Crippen LogP contribution in [0.5, 0.6) is 0 Å². The molecule has 164 valence electrons. The molecule has 0 fully saturated rings. The van der Waals surface area contributed by atoms with E-state index in [4.69, 9.17) is 0 Å². The third-order valence-corrected chi connectivity index (χ3v) is 5.17. The minimum absolute atomic E-state index is 0.0457. The summed E-state index contributed by atoms with van der Waals surface area (Å²) in [4.78, 5) is 7.08. The predicted molar refractivity (Wildman–Crippen MR) is 112 cm³/mol. The number of aryl methyl sites for hydroxylation is 1. The third kappa shape index (κ3) is 3.51. The van der Waals surface area contributed by atoms with Crippen LogP contribution in [-0.4, -0.2) is 19.7 Å². The second-order valence-electron chi connectivity index (χ2n) is 8.54. The van der Waals surface area contributed by atoms with Crippen molar-refractivity contribution in [2.24, 2.45) is 7.05 Å². The van der Waals surface area contributed by atoms with Gasteiger partial charge in [0.25, 0.3) is 0 Å². The topological polar surface area (TPSA) is 70.3 Å². The number of halogens is 4. The standard InChI is InChI=1S/C23H19F4N5/c1-22(2,3)20-14(11-28)19(32(4)31-20)21-29-17-10-12(13-7-5-6-8-16(13)24)9-15(18(17)30-21)23(25,26)27/h5-10H,1-4H3,(H,29,30). The molecule has 2 heterocycles. The van der Waals surface area contributed by atoms with Gasteiger partial charge < -0.3 is 4.98 Å². The fraction of sp³-hybridized carbons (Fsp3) is 0.261. The van der Waals surface area contributed by atoms with Gasteiger partial charge in [0, 0.05) is 18.0 Å². The van der Waals surface area contributed by atoms with Gasteiger partial charge in [-0.15, -0.1) is 0 Å². The van der Waals surface area contributed by atoms with E-state index in [1.165, 1.54) is 28.9 Å². The number of hydrogen-bond donors (Lipinski definition) is 1. The molecular weight excluding hydrogens is 422 g/mol.